The minimum Gasteiger partial charge on any atom is -0.301 e. The lowest BCUT2D eigenvalue weighted by atomic mass is 9.94. The zero-order valence-corrected chi connectivity index (χ0v) is 17.5. The third kappa shape index (κ3) is 3.28. The predicted octanol–water partition coefficient (Wildman–Crippen LogP) is 4.35. The number of thiazole rings is 1. The maximum atomic E-state index is 13.0. The second kappa shape index (κ2) is 6.32. The van der Waals surface area contributed by atoms with Crippen LogP contribution in [0.15, 0.2) is 29.2 Å². The number of nitrogens with zero attached hydrogens (tertiary/aromatic N) is 1. The molecule has 26 heavy (non-hydrogen) atoms. The number of aromatic nitrogens is 1. The predicted molar refractivity (Wildman–Crippen MR) is 105 cm³/mol. The van der Waals surface area contributed by atoms with Crippen LogP contribution in [0.2, 0.25) is 5.02 Å². The lowest BCUT2D eigenvalue weighted by Crippen LogP contribution is -2.37. The number of sulfone groups is 1. The summed E-state index contributed by atoms with van der Waals surface area (Å²) in [6.45, 7) is 8.12. The quantitative estimate of drug-likeness (QED) is 0.809. The topological polar surface area (TPSA) is 76.1 Å². The summed E-state index contributed by atoms with van der Waals surface area (Å²) in [7, 11) is -3.79. The van der Waals surface area contributed by atoms with E-state index in [-0.39, 0.29) is 10.3 Å². The van der Waals surface area contributed by atoms with E-state index >= 15 is 0 Å². The van der Waals surface area contributed by atoms with Gasteiger partial charge >= 0.3 is 0 Å². The van der Waals surface area contributed by atoms with Crippen molar-refractivity contribution >= 4 is 43.8 Å². The highest BCUT2D eigenvalue weighted by Gasteiger charge is 2.61. The second-order valence-corrected chi connectivity index (χ2v) is 11.3. The van der Waals surface area contributed by atoms with Crippen molar-refractivity contribution in [2.45, 2.75) is 55.6 Å². The number of carbonyl (C=O) groups excluding carboxylic acids is 1. The van der Waals surface area contributed by atoms with Gasteiger partial charge in [-0.2, -0.15) is 0 Å². The molecule has 1 amide bonds. The summed E-state index contributed by atoms with van der Waals surface area (Å²) >= 11 is 7.23. The van der Waals surface area contributed by atoms with Crippen LogP contribution in [-0.2, 0) is 20.0 Å². The first kappa shape index (κ1) is 19.3. The molecule has 1 aliphatic rings. The average Bonchev–Trinajstić information content (AvgIpc) is 3.27. The molecule has 3 rings (SSSR count). The summed E-state index contributed by atoms with van der Waals surface area (Å²) in [5.74, 6) is -0.512. The zero-order chi connectivity index (χ0) is 19.3. The lowest BCUT2D eigenvalue weighted by Gasteiger charge is -2.16. The number of halogens is 1. The number of aryl methyl sites for hydroxylation is 1. The Morgan fingerprint density at radius 1 is 1.23 bits per heavy atom. The molecular formula is C18H21ClN2O3S2. The normalized spacial score (nSPS) is 16.3. The van der Waals surface area contributed by atoms with Crippen LogP contribution >= 0.6 is 22.9 Å². The number of rotatable bonds is 4. The molecule has 140 valence electrons. The molecule has 1 N–H and O–H groups in total. The Bertz CT molecular complexity index is 953. The molecule has 1 aliphatic carbocycles. The number of hydrogen-bond donors (Lipinski definition) is 1. The molecule has 2 aromatic rings. The van der Waals surface area contributed by atoms with E-state index in [4.69, 9.17) is 11.6 Å². The van der Waals surface area contributed by atoms with Crippen molar-refractivity contribution in [2.75, 3.05) is 5.32 Å². The SMILES string of the molecule is Cc1nc(NC(=O)C2(S(=O)(=O)c3ccc(Cl)cc3)CC2)sc1C(C)(C)C. The van der Waals surface area contributed by atoms with Crippen LogP contribution in [0.1, 0.15) is 44.2 Å². The molecule has 5 nitrogen and oxygen atoms in total. The molecule has 8 heteroatoms. The van der Waals surface area contributed by atoms with Crippen LogP contribution < -0.4 is 5.32 Å². The van der Waals surface area contributed by atoms with E-state index in [9.17, 15) is 13.2 Å². The summed E-state index contributed by atoms with van der Waals surface area (Å²) < 4.78 is 24.5. The van der Waals surface area contributed by atoms with E-state index in [0.717, 1.165) is 10.6 Å². The Balaban J connectivity index is 1.87. The fourth-order valence-electron chi connectivity index (χ4n) is 2.93. The minimum atomic E-state index is -3.79. The van der Waals surface area contributed by atoms with Crippen molar-refractivity contribution in [3.63, 3.8) is 0 Å². The van der Waals surface area contributed by atoms with Gasteiger partial charge in [0, 0.05) is 9.90 Å². The van der Waals surface area contributed by atoms with Crippen LogP contribution in [0.5, 0.6) is 0 Å². The fourth-order valence-corrected chi connectivity index (χ4v) is 5.95. The van der Waals surface area contributed by atoms with E-state index in [1.165, 1.54) is 35.6 Å². The van der Waals surface area contributed by atoms with E-state index in [0.29, 0.717) is 23.0 Å². The van der Waals surface area contributed by atoms with Gasteiger partial charge in [0.1, 0.15) is 0 Å². The molecular weight excluding hydrogens is 392 g/mol. The van der Waals surface area contributed by atoms with Crippen LogP contribution in [0.4, 0.5) is 5.13 Å². The van der Waals surface area contributed by atoms with Gasteiger partial charge in [-0.05, 0) is 49.4 Å². The highest BCUT2D eigenvalue weighted by Crippen LogP contribution is 2.48. The van der Waals surface area contributed by atoms with Crippen LogP contribution in [-0.4, -0.2) is 24.1 Å². The summed E-state index contributed by atoms with van der Waals surface area (Å²) in [5, 5.41) is 3.62. The van der Waals surface area contributed by atoms with E-state index < -0.39 is 20.5 Å². The Hall–Kier alpha value is -1.44. The first-order valence-electron chi connectivity index (χ1n) is 8.27. The molecule has 0 unspecified atom stereocenters. The Morgan fingerprint density at radius 2 is 1.81 bits per heavy atom. The third-order valence-corrected chi connectivity index (χ3v) is 8.72. The standard InChI is InChI=1S/C18H21ClN2O3S2/c1-11-14(17(2,3)4)25-16(20-11)21-15(22)18(9-10-18)26(23,24)13-7-5-12(19)6-8-13/h5-8H,9-10H2,1-4H3,(H,20,21,22). The Morgan fingerprint density at radius 3 is 2.27 bits per heavy atom. The third-order valence-electron chi connectivity index (χ3n) is 4.45. The summed E-state index contributed by atoms with van der Waals surface area (Å²) in [6.07, 6.45) is 0.612. The van der Waals surface area contributed by atoms with E-state index in [1.807, 2.05) is 6.92 Å². The number of hydrogen-bond acceptors (Lipinski definition) is 5. The van der Waals surface area contributed by atoms with Gasteiger partial charge in [0.15, 0.2) is 19.7 Å². The summed E-state index contributed by atoms with van der Waals surface area (Å²) in [4.78, 5) is 18.4. The number of anilines is 1. The summed E-state index contributed by atoms with van der Waals surface area (Å²) in [6, 6.07) is 5.91. The van der Waals surface area contributed by atoms with Crippen molar-refractivity contribution in [3.05, 3.63) is 39.9 Å². The Kier molecular flexibility index (Phi) is 4.70. The van der Waals surface area contributed by atoms with Gasteiger partial charge in [-0.25, -0.2) is 13.4 Å². The zero-order valence-electron chi connectivity index (χ0n) is 15.1. The summed E-state index contributed by atoms with van der Waals surface area (Å²) in [5.41, 5.74) is 0.764. The fraction of sp³-hybridized carbons (Fsp3) is 0.444. The highest BCUT2D eigenvalue weighted by atomic mass is 35.5. The number of carbonyl (C=O) groups is 1. The van der Waals surface area contributed by atoms with Gasteiger partial charge < -0.3 is 5.32 Å². The monoisotopic (exact) mass is 412 g/mol. The maximum absolute atomic E-state index is 13.0. The van der Waals surface area contributed by atoms with E-state index in [2.05, 4.69) is 31.1 Å². The van der Waals surface area contributed by atoms with Gasteiger partial charge in [-0.15, -0.1) is 11.3 Å². The number of benzene rings is 1. The van der Waals surface area contributed by atoms with Gasteiger partial charge in [0.25, 0.3) is 0 Å². The van der Waals surface area contributed by atoms with Crippen LogP contribution in [0.25, 0.3) is 0 Å². The van der Waals surface area contributed by atoms with E-state index in [1.54, 1.807) is 0 Å². The van der Waals surface area contributed by atoms with Crippen LogP contribution in [0.3, 0.4) is 0 Å². The van der Waals surface area contributed by atoms with Crippen molar-refractivity contribution < 1.29 is 13.2 Å². The van der Waals surface area contributed by atoms with Gasteiger partial charge in [0.2, 0.25) is 5.91 Å². The minimum absolute atomic E-state index is 0.0859. The van der Waals surface area contributed by atoms with Gasteiger partial charge in [-0.3, -0.25) is 4.79 Å². The van der Waals surface area contributed by atoms with Crippen molar-refractivity contribution in [1.82, 2.24) is 4.98 Å². The first-order valence-corrected chi connectivity index (χ1v) is 10.9. The van der Waals surface area contributed by atoms with Crippen molar-refractivity contribution in [3.8, 4) is 0 Å². The number of nitrogens with one attached hydrogen (secondary N) is 1. The second-order valence-electron chi connectivity index (χ2n) is 7.59. The molecule has 0 radical (unpaired) electrons. The molecule has 1 aromatic heterocycles. The van der Waals surface area contributed by atoms with Gasteiger partial charge in [0.05, 0.1) is 10.6 Å². The highest BCUT2D eigenvalue weighted by molar-refractivity contribution is 7.94. The maximum Gasteiger partial charge on any atom is 0.248 e. The largest absolute Gasteiger partial charge is 0.301 e. The molecule has 1 saturated carbocycles. The molecule has 0 spiro atoms. The molecule has 1 aromatic carbocycles. The molecule has 1 heterocycles. The Labute approximate surface area is 162 Å². The molecule has 0 bridgehead atoms. The first-order chi connectivity index (χ1) is 12.0. The molecule has 0 saturated heterocycles. The number of amides is 1. The van der Waals surface area contributed by atoms with Gasteiger partial charge in [-0.1, -0.05) is 32.4 Å². The van der Waals surface area contributed by atoms with Crippen LogP contribution in [0, 0.1) is 6.92 Å². The lowest BCUT2D eigenvalue weighted by molar-refractivity contribution is -0.116. The average molecular weight is 413 g/mol. The molecule has 1 fully saturated rings. The molecule has 0 aliphatic heterocycles. The van der Waals surface area contributed by atoms with Crippen molar-refractivity contribution in [2.24, 2.45) is 0 Å². The smallest absolute Gasteiger partial charge is 0.248 e. The van der Waals surface area contributed by atoms with Crippen molar-refractivity contribution in [1.29, 1.82) is 0 Å². The molecule has 0 atom stereocenters.